The Hall–Kier alpha value is -1.86. The zero-order valence-electron chi connectivity index (χ0n) is 6.91. The molecule has 0 bridgehead atoms. The second kappa shape index (κ2) is 3.25. The van der Waals surface area contributed by atoms with Crippen molar-refractivity contribution in [1.29, 1.82) is 0 Å². The highest BCUT2D eigenvalue weighted by Crippen LogP contribution is 2.08. The molecule has 0 fully saturated rings. The molecule has 2 rings (SSSR count). The Morgan fingerprint density at radius 1 is 1.46 bits per heavy atom. The molecular formula is C9H8N4. The Morgan fingerprint density at radius 3 is 3.23 bits per heavy atom. The van der Waals surface area contributed by atoms with E-state index < -0.39 is 0 Å². The van der Waals surface area contributed by atoms with Gasteiger partial charge in [-0.05, 0) is 6.07 Å². The van der Waals surface area contributed by atoms with Crippen molar-refractivity contribution in [2.75, 3.05) is 6.54 Å². The molecule has 0 aromatic carbocycles. The molecular weight excluding hydrogens is 164 g/mol. The summed E-state index contributed by atoms with van der Waals surface area (Å²) in [6.45, 7) is 0.365. The Bertz CT molecular complexity index is 475. The summed E-state index contributed by atoms with van der Waals surface area (Å²) in [6.07, 6.45) is 3.42. The Morgan fingerprint density at radius 2 is 2.38 bits per heavy atom. The summed E-state index contributed by atoms with van der Waals surface area (Å²) in [7, 11) is 0. The molecule has 4 nitrogen and oxygen atoms in total. The summed E-state index contributed by atoms with van der Waals surface area (Å²) in [5, 5.41) is 7.59. The summed E-state index contributed by atoms with van der Waals surface area (Å²) in [4.78, 5) is 4.13. The fourth-order valence-corrected chi connectivity index (χ4v) is 1.06. The van der Waals surface area contributed by atoms with Crippen LogP contribution in [0.5, 0.6) is 0 Å². The molecule has 0 radical (unpaired) electrons. The van der Waals surface area contributed by atoms with E-state index in [0.29, 0.717) is 6.54 Å². The fourth-order valence-electron chi connectivity index (χ4n) is 1.06. The number of nitrogens with one attached hydrogen (secondary N) is 1. The van der Waals surface area contributed by atoms with Gasteiger partial charge >= 0.3 is 0 Å². The lowest BCUT2D eigenvalue weighted by molar-refractivity contribution is 1.10. The van der Waals surface area contributed by atoms with Crippen molar-refractivity contribution in [2.45, 2.75) is 0 Å². The van der Waals surface area contributed by atoms with Gasteiger partial charge in [-0.25, -0.2) is 4.98 Å². The van der Waals surface area contributed by atoms with E-state index in [2.05, 4.69) is 27.0 Å². The quantitative estimate of drug-likeness (QED) is 0.560. The molecule has 2 aromatic rings. The van der Waals surface area contributed by atoms with Crippen LogP contribution in [0.15, 0.2) is 18.5 Å². The zero-order chi connectivity index (χ0) is 9.10. The van der Waals surface area contributed by atoms with Gasteiger partial charge in [-0.1, -0.05) is 11.8 Å². The van der Waals surface area contributed by atoms with Gasteiger partial charge in [0, 0.05) is 17.1 Å². The van der Waals surface area contributed by atoms with Gasteiger partial charge in [0.1, 0.15) is 0 Å². The fraction of sp³-hybridized carbons (Fsp3) is 0.111. The van der Waals surface area contributed by atoms with Crippen LogP contribution in [-0.4, -0.2) is 21.7 Å². The van der Waals surface area contributed by atoms with Gasteiger partial charge < -0.3 is 5.73 Å². The summed E-state index contributed by atoms with van der Waals surface area (Å²) < 4.78 is 0. The molecule has 4 heteroatoms. The molecule has 13 heavy (non-hydrogen) atoms. The first-order valence-electron chi connectivity index (χ1n) is 3.88. The van der Waals surface area contributed by atoms with Crippen molar-refractivity contribution >= 4 is 11.0 Å². The number of hydrogen-bond acceptors (Lipinski definition) is 3. The van der Waals surface area contributed by atoms with E-state index in [9.17, 15) is 0 Å². The Balaban J connectivity index is 2.48. The first kappa shape index (κ1) is 7.77. The van der Waals surface area contributed by atoms with Crippen molar-refractivity contribution in [3.05, 3.63) is 24.0 Å². The largest absolute Gasteiger partial charge is 0.320 e. The number of hydrogen-bond donors (Lipinski definition) is 2. The van der Waals surface area contributed by atoms with E-state index >= 15 is 0 Å². The van der Waals surface area contributed by atoms with Crippen LogP contribution in [0.2, 0.25) is 0 Å². The molecule has 0 aliphatic carbocycles. The lowest BCUT2D eigenvalue weighted by atomic mass is 10.2. The smallest absolute Gasteiger partial charge is 0.155 e. The van der Waals surface area contributed by atoms with Crippen LogP contribution in [-0.2, 0) is 0 Å². The molecule has 0 amide bonds. The number of H-pyrrole nitrogens is 1. The van der Waals surface area contributed by atoms with E-state index in [1.807, 2.05) is 6.07 Å². The average Bonchev–Trinajstić information content (AvgIpc) is 2.61. The van der Waals surface area contributed by atoms with Crippen molar-refractivity contribution in [2.24, 2.45) is 5.73 Å². The molecule has 2 aromatic heterocycles. The van der Waals surface area contributed by atoms with Crippen LogP contribution >= 0.6 is 0 Å². The van der Waals surface area contributed by atoms with Gasteiger partial charge in [0.2, 0.25) is 0 Å². The highest BCUT2D eigenvalue weighted by molar-refractivity contribution is 5.75. The maximum atomic E-state index is 5.26. The van der Waals surface area contributed by atoms with Gasteiger partial charge in [0.25, 0.3) is 0 Å². The molecule has 64 valence electrons. The van der Waals surface area contributed by atoms with E-state index in [0.717, 1.165) is 16.6 Å². The minimum atomic E-state index is 0.365. The minimum absolute atomic E-state index is 0.365. The van der Waals surface area contributed by atoms with Gasteiger partial charge in [-0.15, -0.1) is 0 Å². The molecule has 3 N–H and O–H groups in total. The third kappa shape index (κ3) is 1.50. The number of aromatic nitrogens is 3. The molecule has 2 heterocycles. The number of nitrogens with zero attached hydrogens (tertiary/aromatic N) is 2. The number of rotatable bonds is 0. The van der Waals surface area contributed by atoms with Gasteiger partial charge in [-0.3, -0.25) is 5.10 Å². The van der Waals surface area contributed by atoms with Crippen LogP contribution in [0.3, 0.4) is 0 Å². The Kier molecular flexibility index (Phi) is 1.94. The topological polar surface area (TPSA) is 67.6 Å². The lowest BCUT2D eigenvalue weighted by Gasteiger charge is -1.89. The molecule has 0 unspecified atom stereocenters. The summed E-state index contributed by atoms with van der Waals surface area (Å²) in [5.74, 6) is 5.68. The standard InChI is InChI=1S/C9H8N4/c10-3-1-2-7-4-8-6-12-13-9(8)11-5-7/h4-6H,3,10H2,(H,11,12,13). The third-order valence-electron chi connectivity index (χ3n) is 1.63. The van der Waals surface area contributed by atoms with Crippen LogP contribution in [0.1, 0.15) is 5.56 Å². The molecule has 0 aliphatic heterocycles. The first-order chi connectivity index (χ1) is 6.40. The van der Waals surface area contributed by atoms with Gasteiger partial charge in [-0.2, -0.15) is 5.10 Å². The maximum absolute atomic E-state index is 5.26. The predicted octanol–water partition coefficient (Wildman–Crippen LogP) is 0.268. The summed E-state index contributed by atoms with van der Waals surface area (Å²) >= 11 is 0. The van der Waals surface area contributed by atoms with Gasteiger partial charge in [0.05, 0.1) is 12.7 Å². The summed E-state index contributed by atoms with van der Waals surface area (Å²) in [5.41, 5.74) is 6.89. The highest BCUT2D eigenvalue weighted by atomic mass is 15.1. The lowest BCUT2D eigenvalue weighted by Crippen LogP contribution is -1.93. The number of nitrogens with two attached hydrogens (primary N) is 1. The van der Waals surface area contributed by atoms with E-state index in [1.165, 1.54) is 0 Å². The van der Waals surface area contributed by atoms with Crippen LogP contribution < -0.4 is 5.73 Å². The van der Waals surface area contributed by atoms with Crippen molar-refractivity contribution in [1.82, 2.24) is 15.2 Å². The van der Waals surface area contributed by atoms with E-state index in [1.54, 1.807) is 12.4 Å². The molecule has 0 aliphatic rings. The van der Waals surface area contributed by atoms with Crippen LogP contribution in [0.25, 0.3) is 11.0 Å². The van der Waals surface area contributed by atoms with Crippen molar-refractivity contribution in [3.63, 3.8) is 0 Å². The minimum Gasteiger partial charge on any atom is -0.320 e. The average molecular weight is 172 g/mol. The van der Waals surface area contributed by atoms with Gasteiger partial charge in [0.15, 0.2) is 5.65 Å². The highest BCUT2D eigenvalue weighted by Gasteiger charge is 1.95. The van der Waals surface area contributed by atoms with E-state index in [-0.39, 0.29) is 0 Å². The predicted molar refractivity (Wildman–Crippen MR) is 49.8 cm³/mol. The maximum Gasteiger partial charge on any atom is 0.155 e. The van der Waals surface area contributed by atoms with Crippen molar-refractivity contribution < 1.29 is 0 Å². The molecule has 0 saturated heterocycles. The molecule has 0 atom stereocenters. The number of pyridine rings is 1. The SMILES string of the molecule is NCC#Cc1cnc2[nH]ncc2c1. The monoisotopic (exact) mass is 172 g/mol. The second-order valence-corrected chi connectivity index (χ2v) is 2.54. The van der Waals surface area contributed by atoms with Crippen molar-refractivity contribution in [3.8, 4) is 11.8 Å². The third-order valence-corrected chi connectivity index (χ3v) is 1.63. The van der Waals surface area contributed by atoms with E-state index in [4.69, 9.17) is 5.73 Å². The number of fused-ring (bicyclic) bond motifs is 1. The van der Waals surface area contributed by atoms with Crippen LogP contribution in [0, 0.1) is 11.8 Å². The zero-order valence-corrected chi connectivity index (χ0v) is 6.91. The normalized spacial score (nSPS) is 9.62. The first-order valence-corrected chi connectivity index (χ1v) is 3.88. The summed E-state index contributed by atoms with van der Waals surface area (Å²) in [6, 6.07) is 1.93. The van der Waals surface area contributed by atoms with Crippen LogP contribution in [0.4, 0.5) is 0 Å². The second-order valence-electron chi connectivity index (χ2n) is 2.54. The number of aromatic amines is 1. The Labute approximate surface area is 75.2 Å². The molecule has 0 saturated carbocycles. The molecule has 0 spiro atoms.